The monoisotopic (exact) mass is 266 g/mol. The summed E-state index contributed by atoms with van der Waals surface area (Å²) in [6.07, 6.45) is 1.20. The van der Waals surface area contributed by atoms with Crippen LogP contribution in [0.4, 0.5) is 8.78 Å². The van der Waals surface area contributed by atoms with Crippen LogP contribution in [0.3, 0.4) is 0 Å². The fraction of sp³-hybridized carbons (Fsp3) is 0. The highest BCUT2D eigenvalue weighted by molar-refractivity contribution is 7.11. The molecule has 0 amide bonds. The molecule has 2 aromatic rings. The number of aliphatic carboxylic acids is 1. The number of carboxylic acid groups (broad SMARTS) is 1. The number of hydrogen-bond donors (Lipinski definition) is 1. The van der Waals surface area contributed by atoms with Gasteiger partial charge in [0.05, 0.1) is 5.57 Å². The van der Waals surface area contributed by atoms with Crippen LogP contribution in [0.1, 0.15) is 10.4 Å². The van der Waals surface area contributed by atoms with Crippen molar-refractivity contribution in [2.45, 2.75) is 0 Å². The lowest BCUT2D eigenvalue weighted by Crippen LogP contribution is -1.98. The third-order valence-corrected chi connectivity index (χ3v) is 3.18. The summed E-state index contributed by atoms with van der Waals surface area (Å²) in [7, 11) is 0. The van der Waals surface area contributed by atoms with Gasteiger partial charge in [0.25, 0.3) is 0 Å². The normalized spacial score (nSPS) is 11.6. The molecule has 0 fully saturated rings. The minimum Gasteiger partial charge on any atom is -0.478 e. The number of benzene rings is 1. The number of carbonyl (C=O) groups is 1. The van der Waals surface area contributed by atoms with Crippen LogP contribution < -0.4 is 0 Å². The molecule has 1 aromatic heterocycles. The molecule has 0 bridgehead atoms. The molecular weight excluding hydrogens is 258 g/mol. The van der Waals surface area contributed by atoms with Gasteiger partial charge in [0.15, 0.2) is 0 Å². The van der Waals surface area contributed by atoms with Crippen LogP contribution in [-0.4, -0.2) is 11.1 Å². The first-order valence-corrected chi connectivity index (χ1v) is 5.90. The Morgan fingerprint density at radius 3 is 2.61 bits per heavy atom. The largest absolute Gasteiger partial charge is 0.478 e. The second kappa shape index (κ2) is 5.10. The van der Waals surface area contributed by atoms with Gasteiger partial charge >= 0.3 is 5.97 Å². The second-order valence-electron chi connectivity index (χ2n) is 3.51. The van der Waals surface area contributed by atoms with Gasteiger partial charge in [-0.1, -0.05) is 6.07 Å². The molecule has 1 heterocycles. The fourth-order valence-electron chi connectivity index (χ4n) is 1.44. The minimum atomic E-state index is -1.15. The Kier molecular flexibility index (Phi) is 3.53. The second-order valence-corrected chi connectivity index (χ2v) is 4.45. The first kappa shape index (κ1) is 12.4. The van der Waals surface area contributed by atoms with Crippen molar-refractivity contribution in [3.63, 3.8) is 0 Å². The van der Waals surface area contributed by atoms with Gasteiger partial charge in [-0.25, -0.2) is 13.6 Å². The zero-order valence-corrected chi connectivity index (χ0v) is 9.88. The first-order chi connectivity index (χ1) is 8.58. The lowest BCUT2D eigenvalue weighted by atomic mass is 10.1. The number of halogens is 2. The topological polar surface area (TPSA) is 37.3 Å². The van der Waals surface area contributed by atoms with Gasteiger partial charge in [0.2, 0.25) is 0 Å². The molecule has 0 aliphatic carbocycles. The number of thiophene rings is 1. The summed E-state index contributed by atoms with van der Waals surface area (Å²) >= 11 is 1.24. The quantitative estimate of drug-likeness (QED) is 0.861. The van der Waals surface area contributed by atoms with Crippen molar-refractivity contribution in [3.05, 3.63) is 57.8 Å². The van der Waals surface area contributed by atoms with Crippen molar-refractivity contribution < 1.29 is 18.7 Å². The predicted molar refractivity (Wildman–Crippen MR) is 66.2 cm³/mol. The van der Waals surface area contributed by atoms with Crippen molar-refractivity contribution in [2.75, 3.05) is 0 Å². The standard InChI is InChI=1S/C13H8F2O2S/c14-9-4-3-8(11(15)7-9)6-10(13(16)17)12-2-1-5-18-12/h1-7H,(H,16,17)/b10-6-. The average molecular weight is 266 g/mol. The van der Waals surface area contributed by atoms with Gasteiger partial charge in [-0.05, 0) is 29.7 Å². The molecule has 0 atom stereocenters. The molecule has 0 aliphatic heterocycles. The highest BCUT2D eigenvalue weighted by Gasteiger charge is 2.12. The molecule has 92 valence electrons. The van der Waals surface area contributed by atoms with Crippen molar-refractivity contribution >= 4 is 29.0 Å². The molecule has 18 heavy (non-hydrogen) atoms. The summed E-state index contributed by atoms with van der Waals surface area (Å²) in [5.41, 5.74) is 0.0257. The fourth-order valence-corrected chi connectivity index (χ4v) is 2.18. The average Bonchev–Trinajstić information content (AvgIpc) is 2.80. The van der Waals surface area contributed by atoms with Crippen molar-refractivity contribution in [2.24, 2.45) is 0 Å². The van der Waals surface area contributed by atoms with Gasteiger partial charge < -0.3 is 5.11 Å². The van der Waals surface area contributed by atoms with Crippen LogP contribution in [0, 0.1) is 11.6 Å². The van der Waals surface area contributed by atoms with Crippen LogP contribution >= 0.6 is 11.3 Å². The van der Waals surface area contributed by atoms with Crippen LogP contribution in [0.25, 0.3) is 11.6 Å². The van der Waals surface area contributed by atoms with E-state index in [1.54, 1.807) is 17.5 Å². The molecule has 0 aliphatic rings. The van der Waals surface area contributed by atoms with E-state index in [0.29, 0.717) is 4.88 Å². The number of carboxylic acids is 1. The highest BCUT2D eigenvalue weighted by Crippen LogP contribution is 2.24. The van der Waals surface area contributed by atoms with Crippen LogP contribution in [0.15, 0.2) is 35.7 Å². The zero-order chi connectivity index (χ0) is 13.1. The highest BCUT2D eigenvalue weighted by atomic mass is 32.1. The third kappa shape index (κ3) is 2.62. The lowest BCUT2D eigenvalue weighted by Gasteiger charge is -2.01. The molecule has 0 spiro atoms. The number of rotatable bonds is 3. The molecule has 1 aromatic carbocycles. The molecular formula is C13H8F2O2S. The Morgan fingerprint density at radius 2 is 2.06 bits per heavy atom. The van der Waals surface area contributed by atoms with Gasteiger partial charge in [-0.15, -0.1) is 11.3 Å². The van der Waals surface area contributed by atoms with E-state index in [9.17, 15) is 13.6 Å². The van der Waals surface area contributed by atoms with E-state index >= 15 is 0 Å². The van der Waals surface area contributed by atoms with E-state index in [4.69, 9.17) is 5.11 Å². The van der Waals surface area contributed by atoms with Gasteiger partial charge in [0.1, 0.15) is 11.6 Å². The molecule has 0 unspecified atom stereocenters. The smallest absolute Gasteiger partial charge is 0.337 e. The summed E-state index contributed by atoms with van der Waals surface area (Å²) in [5.74, 6) is -2.64. The minimum absolute atomic E-state index is 0.0180. The Bertz CT molecular complexity index is 603. The zero-order valence-electron chi connectivity index (χ0n) is 9.06. The van der Waals surface area contributed by atoms with E-state index in [-0.39, 0.29) is 11.1 Å². The van der Waals surface area contributed by atoms with Gasteiger partial charge in [0, 0.05) is 16.5 Å². The van der Waals surface area contributed by atoms with Crippen LogP contribution in [-0.2, 0) is 4.79 Å². The Balaban J connectivity index is 2.49. The summed E-state index contributed by atoms with van der Waals surface area (Å²) in [5, 5.41) is 10.8. The Hall–Kier alpha value is -2.01. The van der Waals surface area contributed by atoms with Gasteiger partial charge in [-0.3, -0.25) is 0 Å². The van der Waals surface area contributed by atoms with Gasteiger partial charge in [-0.2, -0.15) is 0 Å². The molecule has 0 saturated heterocycles. The Morgan fingerprint density at radius 1 is 1.28 bits per heavy atom. The van der Waals surface area contributed by atoms with Crippen molar-refractivity contribution in [1.82, 2.24) is 0 Å². The van der Waals surface area contributed by atoms with E-state index in [1.807, 2.05) is 0 Å². The summed E-state index contributed by atoms with van der Waals surface area (Å²) in [6, 6.07) is 6.35. The van der Waals surface area contributed by atoms with Crippen molar-refractivity contribution in [3.8, 4) is 0 Å². The molecule has 2 nitrogen and oxygen atoms in total. The maximum atomic E-state index is 13.4. The maximum Gasteiger partial charge on any atom is 0.337 e. The summed E-state index contributed by atoms with van der Waals surface area (Å²) < 4.78 is 26.2. The summed E-state index contributed by atoms with van der Waals surface area (Å²) in [4.78, 5) is 11.6. The first-order valence-electron chi connectivity index (χ1n) is 5.02. The summed E-state index contributed by atoms with van der Waals surface area (Å²) in [6.45, 7) is 0. The lowest BCUT2D eigenvalue weighted by molar-refractivity contribution is -0.130. The molecule has 2 rings (SSSR count). The van der Waals surface area contributed by atoms with Crippen molar-refractivity contribution in [1.29, 1.82) is 0 Å². The van der Waals surface area contributed by atoms with E-state index < -0.39 is 17.6 Å². The number of hydrogen-bond acceptors (Lipinski definition) is 2. The molecule has 5 heteroatoms. The van der Waals surface area contributed by atoms with Crippen LogP contribution in [0.2, 0.25) is 0 Å². The van der Waals surface area contributed by atoms with E-state index in [1.165, 1.54) is 23.5 Å². The molecule has 1 N–H and O–H groups in total. The third-order valence-electron chi connectivity index (χ3n) is 2.28. The van der Waals surface area contributed by atoms with E-state index in [0.717, 1.165) is 12.1 Å². The Labute approximate surface area is 106 Å². The predicted octanol–water partition coefficient (Wildman–Crippen LogP) is 3.65. The maximum absolute atomic E-state index is 13.4. The SMILES string of the molecule is O=C(O)/C(=C\c1ccc(F)cc1F)c1cccs1. The molecule has 0 saturated carbocycles. The van der Waals surface area contributed by atoms with Crippen LogP contribution in [0.5, 0.6) is 0 Å². The van der Waals surface area contributed by atoms with E-state index in [2.05, 4.69) is 0 Å². The molecule has 0 radical (unpaired) electrons.